The lowest BCUT2D eigenvalue weighted by molar-refractivity contribution is -0.133. The maximum absolute atomic E-state index is 12.0. The second kappa shape index (κ2) is 7.17. The van der Waals surface area contributed by atoms with E-state index in [0.29, 0.717) is 26.2 Å². The Hall–Kier alpha value is -2.86. The van der Waals surface area contributed by atoms with E-state index in [4.69, 9.17) is 14.8 Å². The number of ether oxygens (including phenoxy) is 1. The van der Waals surface area contributed by atoms with Crippen LogP contribution in [-0.2, 0) is 4.79 Å². The third kappa shape index (κ3) is 3.15. The van der Waals surface area contributed by atoms with Gasteiger partial charge in [0.15, 0.2) is 5.75 Å². The van der Waals surface area contributed by atoms with E-state index in [0.717, 1.165) is 28.6 Å². The van der Waals surface area contributed by atoms with E-state index >= 15 is 0 Å². The minimum absolute atomic E-state index is 0.00374. The van der Waals surface area contributed by atoms with Crippen molar-refractivity contribution in [2.75, 3.05) is 32.8 Å². The molecule has 134 valence electrons. The Balaban J connectivity index is 1.63. The Kier molecular flexibility index (Phi) is 4.58. The number of aliphatic hydroxyl groups excluding tert-OH is 1. The molecule has 0 unspecified atom stereocenters. The topological polar surface area (TPSA) is 65.4 Å². The second-order valence-corrected chi connectivity index (χ2v) is 6.34. The Morgan fingerprint density at radius 1 is 1.00 bits per heavy atom. The number of aliphatic hydroxyl groups is 1. The van der Waals surface area contributed by atoms with Gasteiger partial charge in [0, 0.05) is 32.6 Å². The lowest BCUT2D eigenvalue weighted by atomic mass is 10.1. The van der Waals surface area contributed by atoms with E-state index in [1.807, 2.05) is 48.5 Å². The van der Waals surface area contributed by atoms with Crippen LogP contribution in [0.1, 0.15) is 12.0 Å². The molecule has 2 aromatic carbocycles. The number of para-hydroxylation sites is 3. The van der Waals surface area contributed by atoms with Gasteiger partial charge in [-0.05, 0) is 24.3 Å². The third-order valence-corrected chi connectivity index (χ3v) is 4.70. The fourth-order valence-corrected chi connectivity index (χ4v) is 3.33. The molecule has 0 bridgehead atoms. The van der Waals surface area contributed by atoms with Gasteiger partial charge >= 0.3 is 0 Å². The third-order valence-electron chi connectivity index (χ3n) is 4.70. The summed E-state index contributed by atoms with van der Waals surface area (Å²) in [5, 5.41) is 8.97. The quantitative estimate of drug-likeness (QED) is 0.902. The van der Waals surface area contributed by atoms with Crippen molar-refractivity contribution in [2.45, 2.75) is 6.42 Å². The molecule has 1 amide bonds. The van der Waals surface area contributed by atoms with Crippen molar-refractivity contribution in [3.63, 3.8) is 0 Å². The number of benzene rings is 2. The van der Waals surface area contributed by atoms with E-state index < -0.39 is 0 Å². The van der Waals surface area contributed by atoms with Crippen LogP contribution in [0, 0.1) is 0 Å². The second-order valence-electron chi connectivity index (χ2n) is 6.34. The van der Waals surface area contributed by atoms with Crippen molar-refractivity contribution in [3.8, 4) is 11.5 Å². The van der Waals surface area contributed by atoms with Crippen LogP contribution in [0.3, 0.4) is 0 Å². The Morgan fingerprint density at radius 2 is 1.69 bits per heavy atom. The number of nitrogens with zero attached hydrogens (tertiary/aromatic N) is 3. The van der Waals surface area contributed by atoms with Gasteiger partial charge in [0.25, 0.3) is 0 Å². The van der Waals surface area contributed by atoms with Gasteiger partial charge in [0.05, 0.1) is 12.2 Å². The number of piperazine rings is 1. The van der Waals surface area contributed by atoms with Crippen molar-refractivity contribution in [1.82, 2.24) is 9.80 Å². The smallest absolute Gasteiger partial charge is 0.225 e. The van der Waals surface area contributed by atoms with Crippen LogP contribution in [0.2, 0.25) is 0 Å². The van der Waals surface area contributed by atoms with Gasteiger partial charge in [0.1, 0.15) is 17.3 Å². The molecule has 2 aromatic rings. The monoisotopic (exact) mass is 351 g/mol. The Morgan fingerprint density at radius 3 is 2.46 bits per heavy atom. The fraction of sp³-hybridized carbons (Fsp3) is 0.300. The number of carbonyl (C=O) groups is 1. The zero-order valence-corrected chi connectivity index (χ0v) is 14.5. The van der Waals surface area contributed by atoms with Gasteiger partial charge in [-0.25, -0.2) is 4.99 Å². The summed E-state index contributed by atoms with van der Waals surface area (Å²) in [5.41, 5.74) is 1.76. The number of aliphatic imine (C=N–C) groups is 1. The molecule has 1 saturated heterocycles. The van der Waals surface area contributed by atoms with Crippen LogP contribution in [-0.4, -0.2) is 59.4 Å². The van der Waals surface area contributed by atoms with Gasteiger partial charge in [-0.1, -0.05) is 24.3 Å². The average molecular weight is 351 g/mol. The van der Waals surface area contributed by atoms with Gasteiger partial charge in [-0.3, -0.25) is 4.79 Å². The molecule has 6 nitrogen and oxygen atoms in total. The number of rotatable bonds is 2. The summed E-state index contributed by atoms with van der Waals surface area (Å²) in [5.74, 6) is 2.41. The predicted octanol–water partition coefficient (Wildman–Crippen LogP) is 2.40. The lowest BCUT2D eigenvalue weighted by Crippen LogP contribution is -2.50. The van der Waals surface area contributed by atoms with Crippen molar-refractivity contribution >= 4 is 17.4 Å². The minimum atomic E-state index is -0.104. The molecular formula is C20H21N3O3. The number of amides is 1. The summed E-state index contributed by atoms with van der Waals surface area (Å²) in [6.45, 7) is 2.55. The van der Waals surface area contributed by atoms with E-state index in [2.05, 4.69) is 4.90 Å². The zero-order chi connectivity index (χ0) is 17.9. The van der Waals surface area contributed by atoms with E-state index in [1.165, 1.54) is 0 Å². The molecule has 0 atom stereocenters. The maximum Gasteiger partial charge on any atom is 0.225 e. The highest BCUT2D eigenvalue weighted by Crippen LogP contribution is 2.37. The number of hydrogen-bond acceptors (Lipinski definition) is 5. The Bertz CT molecular complexity index is 842. The van der Waals surface area contributed by atoms with Gasteiger partial charge in [-0.2, -0.15) is 0 Å². The summed E-state index contributed by atoms with van der Waals surface area (Å²) in [6, 6.07) is 15.7. The maximum atomic E-state index is 12.0. The summed E-state index contributed by atoms with van der Waals surface area (Å²) in [7, 11) is 0. The first-order valence-corrected chi connectivity index (χ1v) is 8.85. The fourth-order valence-electron chi connectivity index (χ4n) is 3.33. The number of fused-ring (bicyclic) bond motifs is 2. The molecule has 0 saturated carbocycles. The normalized spacial score (nSPS) is 16.1. The van der Waals surface area contributed by atoms with E-state index in [9.17, 15) is 4.79 Å². The SMILES string of the molecule is O=C(CCO)N1CCN(C2=Nc3ccccc3Oc3ccccc32)CC1. The molecular weight excluding hydrogens is 330 g/mol. The molecule has 0 spiro atoms. The predicted molar refractivity (Wildman–Crippen MR) is 99.0 cm³/mol. The number of hydrogen-bond donors (Lipinski definition) is 1. The average Bonchev–Trinajstić information content (AvgIpc) is 2.85. The molecule has 2 aliphatic rings. The lowest BCUT2D eigenvalue weighted by Gasteiger charge is -2.36. The number of carbonyl (C=O) groups excluding carboxylic acids is 1. The molecule has 0 radical (unpaired) electrons. The largest absolute Gasteiger partial charge is 0.454 e. The van der Waals surface area contributed by atoms with Crippen LogP contribution in [0.5, 0.6) is 11.5 Å². The highest BCUT2D eigenvalue weighted by Gasteiger charge is 2.27. The van der Waals surface area contributed by atoms with Crippen molar-refractivity contribution < 1.29 is 14.6 Å². The van der Waals surface area contributed by atoms with Crippen LogP contribution in [0.15, 0.2) is 53.5 Å². The summed E-state index contributed by atoms with van der Waals surface area (Å²) in [4.78, 5) is 20.9. The zero-order valence-electron chi connectivity index (χ0n) is 14.5. The molecule has 26 heavy (non-hydrogen) atoms. The van der Waals surface area contributed by atoms with Gasteiger partial charge < -0.3 is 19.6 Å². The standard InChI is InChI=1S/C20H21N3O3/c24-14-9-19(25)22-10-12-23(13-11-22)20-15-5-1-3-7-17(15)26-18-8-4-2-6-16(18)21-20/h1-8,24H,9-14H2. The molecule has 2 aliphatic heterocycles. The first-order valence-electron chi connectivity index (χ1n) is 8.85. The van der Waals surface area contributed by atoms with Crippen LogP contribution >= 0.6 is 0 Å². The highest BCUT2D eigenvalue weighted by molar-refractivity contribution is 6.03. The minimum Gasteiger partial charge on any atom is -0.454 e. The van der Waals surface area contributed by atoms with E-state index in [-0.39, 0.29) is 18.9 Å². The van der Waals surface area contributed by atoms with Crippen LogP contribution in [0.4, 0.5) is 5.69 Å². The van der Waals surface area contributed by atoms with Crippen molar-refractivity contribution in [2.24, 2.45) is 4.99 Å². The molecule has 0 aliphatic carbocycles. The molecule has 1 N–H and O–H groups in total. The number of amidine groups is 1. The first kappa shape index (κ1) is 16.6. The van der Waals surface area contributed by atoms with Gasteiger partial charge in [0.2, 0.25) is 5.91 Å². The highest BCUT2D eigenvalue weighted by atomic mass is 16.5. The van der Waals surface area contributed by atoms with Crippen LogP contribution < -0.4 is 4.74 Å². The van der Waals surface area contributed by atoms with E-state index in [1.54, 1.807) is 4.90 Å². The molecule has 1 fully saturated rings. The summed E-state index contributed by atoms with van der Waals surface area (Å²) in [6.07, 6.45) is 0.186. The first-order chi connectivity index (χ1) is 12.8. The summed E-state index contributed by atoms with van der Waals surface area (Å²) < 4.78 is 6.08. The van der Waals surface area contributed by atoms with Crippen molar-refractivity contribution in [3.05, 3.63) is 54.1 Å². The molecule has 4 rings (SSSR count). The van der Waals surface area contributed by atoms with Gasteiger partial charge in [-0.15, -0.1) is 0 Å². The molecule has 0 aromatic heterocycles. The van der Waals surface area contributed by atoms with Crippen molar-refractivity contribution in [1.29, 1.82) is 0 Å². The molecule has 6 heteroatoms. The Labute approximate surface area is 152 Å². The summed E-state index contributed by atoms with van der Waals surface area (Å²) >= 11 is 0. The van der Waals surface area contributed by atoms with Crippen LogP contribution in [0.25, 0.3) is 0 Å². The molecule has 2 heterocycles.